The first-order chi connectivity index (χ1) is 14.1. The Morgan fingerprint density at radius 1 is 1.07 bits per heavy atom. The topological polar surface area (TPSA) is 71.0 Å². The highest BCUT2D eigenvalue weighted by atomic mass is 19.2. The first-order valence-electron chi connectivity index (χ1n) is 9.35. The Balaban J connectivity index is 1.42. The Morgan fingerprint density at radius 2 is 1.90 bits per heavy atom. The summed E-state index contributed by atoms with van der Waals surface area (Å²) >= 11 is 0. The van der Waals surface area contributed by atoms with Crippen LogP contribution >= 0.6 is 0 Å². The van der Waals surface area contributed by atoms with Crippen LogP contribution in [0, 0.1) is 11.6 Å². The second-order valence-electron chi connectivity index (χ2n) is 6.84. The highest BCUT2D eigenvalue weighted by Gasteiger charge is 2.25. The summed E-state index contributed by atoms with van der Waals surface area (Å²) in [6.45, 7) is 1.15. The lowest BCUT2D eigenvalue weighted by Crippen LogP contribution is -2.40. The molecule has 0 saturated carbocycles. The van der Waals surface area contributed by atoms with Crippen molar-refractivity contribution < 1.29 is 13.6 Å². The third-order valence-electron chi connectivity index (χ3n) is 4.98. The van der Waals surface area contributed by atoms with Gasteiger partial charge in [-0.1, -0.05) is 6.07 Å². The van der Waals surface area contributed by atoms with Gasteiger partial charge in [-0.15, -0.1) is 0 Å². The molecule has 2 aromatic heterocycles. The lowest BCUT2D eigenvalue weighted by Gasteiger charge is -2.31. The Labute approximate surface area is 166 Å². The smallest absolute Gasteiger partial charge is 0.321 e. The number of piperidine rings is 1. The molecule has 1 aliphatic rings. The number of nitrogens with one attached hydrogen (secondary N) is 1. The van der Waals surface area contributed by atoms with Gasteiger partial charge in [0.05, 0.1) is 17.4 Å². The number of halogens is 2. The van der Waals surface area contributed by atoms with Gasteiger partial charge in [0, 0.05) is 37.1 Å². The molecule has 3 heterocycles. The van der Waals surface area contributed by atoms with Crippen molar-refractivity contribution in [1.82, 2.24) is 19.9 Å². The Bertz CT molecular complexity index is 1010. The molecular weight excluding hydrogens is 376 g/mol. The van der Waals surface area contributed by atoms with E-state index in [2.05, 4.69) is 20.3 Å². The van der Waals surface area contributed by atoms with E-state index < -0.39 is 11.6 Å². The summed E-state index contributed by atoms with van der Waals surface area (Å²) in [6.07, 6.45) is 6.25. The molecule has 8 heteroatoms. The molecule has 4 rings (SSSR count). The summed E-state index contributed by atoms with van der Waals surface area (Å²) in [5.74, 6) is -1.59. The van der Waals surface area contributed by atoms with Crippen molar-refractivity contribution in [2.45, 2.75) is 18.8 Å². The summed E-state index contributed by atoms with van der Waals surface area (Å²) in [5, 5.41) is 2.83. The summed E-state index contributed by atoms with van der Waals surface area (Å²) in [5.41, 5.74) is 1.46. The Morgan fingerprint density at radius 3 is 2.66 bits per heavy atom. The van der Waals surface area contributed by atoms with E-state index in [1.54, 1.807) is 41.7 Å². The first kappa shape index (κ1) is 18.9. The fourth-order valence-corrected chi connectivity index (χ4v) is 3.42. The summed E-state index contributed by atoms with van der Waals surface area (Å²) in [6, 6.07) is 9.13. The number of anilines is 1. The SMILES string of the molecule is O=C(Nc1cccnc1)N1CCC(c2ccnc(-c3cccc(F)c3F)n2)CC1. The van der Waals surface area contributed by atoms with Gasteiger partial charge < -0.3 is 10.2 Å². The maximum absolute atomic E-state index is 14.1. The van der Waals surface area contributed by atoms with Crippen molar-refractivity contribution >= 4 is 11.7 Å². The molecule has 1 saturated heterocycles. The third kappa shape index (κ3) is 4.21. The van der Waals surface area contributed by atoms with Gasteiger partial charge in [0.15, 0.2) is 17.5 Å². The van der Waals surface area contributed by atoms with E-state index in [1.807, 2.05) is 0 Å². The number of hydrogen-bond acceptors (Lipinski definition) is 4. The molecule has 0 unspecified atom stereocenters. The molecule has 1 fully saturated rings. The molecule has 0 radical (unpaired) electrons. The highest BCUT2D eigenvalue weighted by Crippen LogP contribution is 2.29. The number of urea groups is 1. The van der Waals surface area contributed by atoms with E-state index in [-0.39, 0.29) is 23.3 Å². The van der Waals surface area contributed by atoms with Crippen LogP contribution in [0.4, 0.5) is 19.3 Å². The van der Waals surface area contributed by atoms with E-state index in [9.17, 15) is 13.6 Å². The third-order valence-corrected chi connectivity index (χ3v) is 4.98. The molecule has 0 bridgehead atoms. The van der Waals surface area contributed by atoms with Gasteiger partial charge in [-0.25, -0.2) is 23.5 Å². The molecule has 1 N–H and O–H groups in total. The van der Waals surface area contributed by atoms with E-state index in [4.69, 9.17) is 0 Å². The van der Waals surface area contributed by atoms with Crippen LogP contribution < -0.4 is 5.32 Å². The van der Waals surface area contributed by atoms with Crippen LogP contribution in [0.15, 0.2) is 55.0 Å². The minimum Gasteiger partial charge on any atom is -0.324 e. The monoisotopic (exact) mass is 395 g/mol. The van der Waals surface area contributed by atoms with Crippen LogP contribution in [-0.4, -0.2) is 39.0 Å². The van der Waals surface area contributed by atoms with Crippen molar-refractivity contribution in [1.29, 1.82) is 0 Å². The summed E-state index contributed by atoms with van der Waals surface area (Å²) in [4.78, 5) is 26.7. The summed E-state index contributed by atoms with van der Waals surface area (Å²) in [7, 11) is 0. The zero-order chi connectivity index (χ0) is 20.2. The summed E-state index contributed by atoms with van der Waals surface area (Å²) < 4.78 is 27.6. The molecule has 148 valence electrons. The molecule has 29 heavy (non-hydrogen) atoms. The zero-order valence-electron chi connectivity index (χ0n) is 15.6. The number of likely N-dealkylation sites (tertiary alicyclic amines) is 1. The van der Waals surface area contributed by atoms with Crippen LogP contribution in [0.3, 0.4) is 0 Å². The van der Waals surface area contributed by atoms with Gasteiger partial charge in [-0.2, -0.15) is 0 Å². The van der Waals surface area contributed by atoms with E-state index >= 15 is 0 Å². The average Bonchev–Trinajstić information content (AvgIpc) is 2.76. The quantitative estimate of drug-likeness (QED) is 0.721. The maximum Gasteiger partial charge on any atom is 0.321 e. The molecule has 1 aliphatic heterocycles. The van der Waals surface area contributed by atoms with Crippen molar-refractivity contribution in [3.63, 3.8) is 0 Å². The fourth-order valence-electron chi connectivity index (χ4n) is 3.42. The molecule has 6 nitrogen and oxygen atoms in total. The van der Waals surface area contributed by atoms with Crippen molar-refractivity contribution in [3.05, 3.63) is 72.3 Å². The van der Waals surface area contributed by atoms with Crippen LogP contribution in [0.1, 0.15) is 24.5 Å². The number of benzene rings is 1. The first-order valence-corrected chi connectivity index (χ1v) is 9.35. The molecule has 0 atom stereocenters. The molecule has 0 aliphatic carbocycles. The van der Waals surface area contributed by atoms with E-state index in [1.165, 1.54) is 12.1 Å². The van der Waals surface area contributed by atoms with Gasteiger partial charge in [0.25, 0.3) is 0 Å². The van der Waals surface area contributed by atoms with Crippen LogP contribution in [0.5, 0.6) is 0 Å². The predicted octanol–water partition coefficient (Wildman–Crippen LogP) is 4.23. The molecular formula is C21H19F2N5O. The normalized spacial score (nSPS) is 14.6. The number of amides is 2. The van der Waals surface area contributed by atoms with Crippen molar-refractivity contribution in [3.8, 4) is 11.4 Å². The molecule has 0 spiro atoms. The van der Waals surface area contributed by atoms with Crippen molar-refractivity contribution in [2.24, 2.45) is 0 Å². The van der Waals surface area contributed by atoms with E-state index in [0.29, 0.717) is 18.8 Å². The van der Waals surface area contributed by atoms with Gasteiger partial charge in [0.1, 0.15) is 0 Å². The largest absolute Gasteiger partial charge is 0.324 e. The van der Waals surface area contributed by atoms with Crippen LogP contribution in [0.25, 0.3) is 11.4 Å². The number of aromatic nitrogens is 3. The van der Waals surface area contributed by atoms with Crippen LogP contribution in [-0.2, 0) is 0 Å². The number of carbonyl (C=O) groups is 1. The Kier molecular flexibility index (Phi) is 5.41. The van der Waals surface area contributed by atoms with Crippen molar-refractivity contribution in [2.75, 3.05) is 18.4 Å². The molecule has 2 amide bonds. The number of pyridine rings is 1. The molecule has 1 aromatic carbocycles. The highest BCUT2D eigenvalue weighted by molar-refractivity contribution is 5.89. The van der Waals surface area contributed by atoms with Gasteiger partial charge in [-0.05, 0) is 43.2 Å². The zero-order valence-corrected chi connectivity index (χ0v) is 15.6. The van der Waals surface area contributed by atoms with Gasteiger partial charge >= 0.3 is 6.03 Å². The lowest BCUT2D eigenvalue weighted by atomic mass is 9.93. The predicted molar refractivity (Wildman–Crippen MR) is 104 cm³/mol. The van der Waals surface area contributed by atoms with Gasteiger partial charge in [0.2, 0.25) is 0 Å². The number of rotatable bonds is 3. The lowest BCUT2D eigenvalue weighted by molar-refractivity contribution is 0.194. The minimum absolute atomic E-state index is 0.0418. The second-order valence-corrected chi connectivity index (χ2v) is 6.84. The minimum atomic E-state index is -0.952. The number of hydrogen-bond donors (Lipinski definition) is 1. The fraction of sp³-hybridized carbons (Fsp3) is 0.238. The van der Waals surface area contributed by atoms with E-state index in [0.717, 1.165) is 24.6 Å². The Hall–Kier alpha value is -3.42. The number of nitrogens with zero attached hydrogens (tertiary/aromatic N) is 4. The molecule has 3 aromatic rings. The van der Waals surface area contributed by atoms with Gasteiger partial charge in [-0.3, -0.25) is 4.98 Å². The standard InChI is InChI=1S/C21H19F2N5O/c22-17-5-1-4-16(19(17)23)20-25-10-6-18(27-20)14-7-11-28(12-8-14)21(29)26-15-3-2-9-24-13-15/h1-6,9-10,13-14H,7-8,11-12H2,(H,26,29). The average molecular weight is 395 g/mol. The maximum atomic E-state index is 14.1. The van der Waals surface area contributed by atoms with Crippen LogP contribution in [0.2, 0.25) is 0 Å². The number of carbonyl (C=O) groups excluding carboxylic acids is 1. The second kappa shape index (κ2) is 8.30.